The van der Waals surface area contributed by atoms with E-state index >= 15 is 0 Å². The average Bonchev–Trinajstić information content (AvgIpc) is 2.27. The van der Waals surface area contributed by atoms with E-state index in [1.54, 1.807) is 0 Å². The third-order valence-corrected chi connectivity index (χ3v) is 1.80. The van der Waals surface area contributed by atoms with Crippen molar-refractivity contribution in [1.82, 2.24) is 0 Å². The van der Waals surface area contributed by atoms with Crippen molar-refractivity contribution in [1.29, 1.82) is 0 Å². The molecule has 0 unspecified atom stereocenters. The molecule has 17 heavy (non-hydrogen) atoms. The molecule has 1 N–H and O–H groups in total. The molecule has 0 saturated carbocycles. The van der Waals surface area contributed by atoms with Crippen molar-refractivity contribution in [3.8, 4) is 0 Å². The van der Waals surface area contributed by atoms with E-state index in [9.17, 15) is 14.4 Å². The quantitative estimate of drug-likeness (QED) is 0.423. The number of rotatable bonds is 7. The molecular weight excluding hydrogens is 224 g/mol. The largest absolute Gasteiger partial charge is 0.476 e. The number of esters is 1. The van der Waals surface area contributed by atoms with Gasteiger partial charge in [0.25, 0.3) is 0 Å². The Balaban J connectivity index is 0. The van der Waals surface area contributed by atoms with E-state index < -0.39 is 11.8 Å². The molecule has 5 nitrogen and oxygen atoms in total. The van der Waals surface area contributed by atoms with Crippen LogP contribution >= 0.6 is 0 Å². The average molecular weight is 246 g/mol. The van der Waals surface area contributed by atoms with E-state index in [0.29, 0.717) is 13.0 Å². The number of unbranched alkanes of at least 4 members (excludes halogenated alkanes) is 2. The third kappa shape index (κ3) is 17.2. The molecule has 0 aliphatic rings. The molecule has 100 valence electrons. The molecule has 0 bridgehead atoms. The summed E-state index contributed by atoms with van der Waals surface area (Å²) in [5, 5.41) is 7.64. The Morgan fingerprint density at radius 2 is 1.53 bits per heavy atom. The van der Waals surface area contributed by atoms with Gasteiger partial charge in [0.15, 0.2) is 0 Å². The van der Waals surface area contributed by atoms with Gasteiger partial charge >= 0.3 is 11.9 Å². The van der Waals surface area contributed by atoms with Crippen molar-refractivity contribution in [3.05, 3.63) is 0 Å². The standard InChI is InChI=1S/C9H18O2.C3H4O3/c1-3-5-7-9(10)11-8-6-4-2;1-2(4)3(5)6/h3-8H2,1-2H3;1H3,(H,5,6). The molecule has 5 heteroatoms. The van der Waals surface area contributed by atoms with Gasteiger partial charge in [-0.1, -0.05) is 26.7 Å². The number of carboxylic acids is 1. The number of carboxylic acid groups (broad SMARTS) is 1. The van der Waals surface area contributed by atoms with E-state index in [0.717, 1.165) is 32.6 Å². The highest BCUT2D eigenvalue weighted by Gasteiger charge is 1.99. The number of aliphatic carboxylic acids is 1. The summed E-state index contributed by atoms with van der Waals surface area (Å²) in [7, 11) is 0. The summed E-state index contributed by atoms with van der Waals surface area (Å²) >= 11 is 0. The van der Waals surface area contributed by atoms with Crippen LogP contribution in [0.1, 0.15) is 52.9 Å². The lowest BCUT2D eigenvalue weighted by atomic mass is 10.2. The maximum absolute atomic E-state index is 10.9. The van der Waals surface area contributed by atoms with Crippen LogP contribution in [0.4, 0.5) is 0 Å². The first-order chi connectivity index (χ1) is 7.95. The van der Waals surface area contributed by atoms with Crippen LogP contribution in [-0.4, -0.2) is 29.4 Å². The number of carbonyl (C=O) groups excluding carboxylic acids is 2. The van der Waals surface area contributed by atoms with Crippen molar-refractivity contribution in [2.75, 3.05) is 6.61 Å². The Hall–Kier alpha value is -1.39. The summed E-state index contributed by atoms with van der Waals surface area (Å²) in [6, 6.07) is 0. The van der Waals surface area contributed by atoms with Gasteiger partial charge in [-0.05, 0) is 12.8 Å². The van der Waals surface area contributed by atoms with Crippen molar-refractivity contribution in [2.45, 2.75) is 52.9 Å². The molecule has 0 atom stereocenters. The second-order valence-corrected chi connectivity index (χ2v) is 3.54. The summed E-state index contributed by atoms with van der Waals surface area (Å²) < 4.78 is 4.95. The van der Waals surface area contributed by atoms with Crippen molar-refractivity contribution < 1.29 is 24.2 Å². The molecular formula is C12H22O5. The van der Waals surface area contributed by atoms with Gasteiger partial charge in [-0.3, -0.25) is 9.59 Å². The van der Waals surface area contributed by atoms with Gasteiger partial charge in [-0.25, -0.2) is 4.79 Å². The SMILES string of the molecule is CC(=O)C(=O)O.CCCCOC(=O)CCCC. The molecule has 0 aromatic heterocycles. The van der Waals surface area contributed by atoms with Crippen LogP contribution in [0.2, 0.25) is 0 Å². The fourth-order valence-corrected chi connectivity index (χ4v) is 0.724. The zero-order valence-corrected chi connectivity index (χ0v) is 10.8. The molecule has 0 rings (SSSR count). The Labute approximate surface area is 102 Å². The highest BCUT2D eigenvalue weighted by molar-refractivity contribution is 6.31. The molecule has 0 aliphatic heterocycles. The third-order valence-electron chi connectivity index (χ3n) is 1.80. The minimum absolute atomic E-state index is 0.0414. The fourth-order valence-electron chi connectivity index (χ4n) is 0.724. The summed E-state index contributed by atoms with van der Waals surface area (Å²) in [5.41, 5.74) is 0. The first kappa shape index (κ1) is 18.0. The van der Waals surface area contributed by atoms with E-state index in [1.807, 2.05) is 0 Å². The smallest absolute Gasteiger partial charge is 0.371 e. The summed E-state index contributed by atoms with van der Waals surface area (Å²) in [6.07, 6.45) is 4.66. The molecule has 0 fully saturated rings. The Bertz CT molecular complexity index is 223. The topological polar surface area (TPSA) is 80.7 Å². The fraction of sp³-hybridized carbons (Fsp3) is 0.750. The lowest BCUT2D eigenvalue weighted by molar-refractivity contribution is -0.148. The first-order valence-corrected chi connectivity index (χ1v) is 5.85. The highest BCUT2D eigenvalue weighted by Crippen LogP contribution is 1.97. The molecule has 0 aromatic carbocycles. The van der Waals surface area contributed by atoms with Crippen LogP contribution in [0.3, 0.4) is 0 Å². The van der Waals surface area contributed by atoms with Crippen LogP contribution in [0.5, 0.6) is 0 Å². The molecule has 0 aromatic rings. The number of hydrogen-bond acceptors (Lipinski definition) is 4. The van der Waals surface area contributed by atoms with Crippen molar-refractivity contribution in [2.24, 2.45) is 0 Å². The predicted octanol–water partition coefficient (Wildman–Crippen LogP) is 2.18. The summed E-state index contributed by atoms with van der Waals surface area (Å²) in [5.74, 6) is -2.25. The number of hydrogen-bond donors (Lipinski definition) is 1. The lowest BCUT2D eigenvalue weighted by Gasteiger charge is -2.01. The van der Waals surface area contributed by atoms with E-state index in [2.05, 4.69) is 13.8 Å². The second-order valence-electron chi connectivity index (χ2n) is 3.54. The van der Waals surface area contributed by atoms with Crippen LogP contribution in [0.15, 0.2) is 0 Å². The zero-order valence-electron chi connectivity index (χ0n) is 10.8. The van der Waals surface area contributed by atoms with Gasteiger partial charge in [0.05, 0.1) is 6.61 Å². The molecule has 0 spiro atoms. The van der Waals surface area contributed by atoms with Gasteiger partial charge in [0, 0.05) is 13.3 Å². The Morgan fingerprint density at radius 3 is 1.88 bits per heavy atom. The Morgan fingerprint density at radius 1 is 1.06 bits per heavy atom. The normalized spacial score (nSPS) is 8.88. The summed E-state index contributed by atoms with van der Waals surface area (Å²) in [4.78, 5) is 29.7. The second kappa shape index (κ2) is 12.7. The van der Waals surface area contributed by atoms with Crippen LogP contribution < -0.4 is 0 Å². The van der Waals surface area contributed by atoms with E-state index in [1.165, 1.54) is 0 Å². The molecule has 0 amide bonds. The van der Waals surface area contributed by atoms with Crippen LogP contribution in [0, 0.1) is 0 Å². The molecule has 0 radical (unpaired) electrons. The van der Waals surface area contributed by atoms with Crippen LogP contribution in [-0.2, 0) is 19.1 Å². The van der Waals surface area contributed by atoms with Crippen molar-refractivity contribution in [3.63, 3.8) is 0 Å². The predicted molar refractivity (Wildman–Crippen MR) is 63.7 cm³/mol. The number of ketones is 1. The van der Waals surface area contributed by atoms with Gasteiger partial charge in [-0.2, -0.15) is 0 Å². The molecule has 0 aliphatic carbocycles. The maximum Gasteiger partial charge on any atom is 0.371 e. The van der Waals surface area contributed by atoms with Gasteiger partial charge in [-0.15, -0.1) is 0 Å². The van der Waals surface area contributed by atoms with E-state index in [-0.39, 0.29) is 5.97 Å². The maximum atomic E-state index is 10.9. The van der Waals surface area contributed by atoms with Gasteiger partial charge < -0.3 is 9.84 Å². The van der Waals surface area contributed by atoms with Gasteiger partial charge in [0.2, 0.25) is 5.78 Å². The number of ether oxygens (including phenoxy) is 1. The van der Waals surface area contributed by atoms with Crippen LogP contribution in [0.25, 0.3) is 0 Å². The number of Topliss-reactive ketones (excluding diaryl/α,β-unsaturated/α-hetero) is 1. The first-order valence-electron chi connectivity index (χ1n) is 5.85. The molecule has 0 saturated heterocycles. The highest BCUT2D eigenvalue weighted by atomic mass is 16.5. The van der Waals surface area contributed by atoms with E-state index in [4.69, 9.17) is 9.84 Å². The molecule has 0 heterocycles. The monoisotopic (exact) mass is 246 g/mol. The number of carbonyl (C=O) groups is 3. The minimum Gasteiger partial charge on any atom is -0.476 e. The zero-order chi connectivity index (χ0) is 13.7. The van der Waals surface area contributed by atoms with Gasteiger partial charge in [0.1, 0.15) is 0 Å². The minimum atomic E-state index is -1.38. The summed E-state index contributed by atoms with van der Waals surface area (Å²) in [6.45, 7) is 5.75. The Kier molecular flexibility index (Phi) is 13.4. The van der Waals surface area contributed by atoms with Crippen molar-refractivity contribution >= 4 is 17.7 Å². The lowest BCUT2D eigenvalue weighted by Crippen LogP contribution is -2.05.